The molecule has 1 N–H and O–H groups in total. The topological polar surface area (TPSA) is 79.0 Å². The van der Waals surface area contributed by atoms with Gasteiger partial charge in [-0.25, -0.2) is 0 Å². The number of nitrogens with zero attached hydrogens (tertiary/aromatic N) is 2. The predicted octanol–water partition coefficient (Wildman–Crippen LogP) is 1.76. The molecule has 0 unspecified atom stereocenters. The number of hydrogen-bond donors (Lipinski definition) is 1. The van der Waals surface area contributed by atoms with Gasteiger partial charge in [0.15, 0.2) is 0 Å². The fraction of sp³-hybridized carbons (Fsp3) is 0.500. The Hall–Kier alpha value is -2.28. The standard InChI is InChI=1S/C18H22ClN3O4/c1-12(23)21-7-9-22(10-8-21)17(25)18(5-6-18)16(24)20-14-11-13(19)3-4-15(14)26-2/h3-4,11H,5-10H2,1-2H3,(H,20,24). The van der Waals surface area contributed by atoms with Gasteiger partial charge < -0.3 is 19.9 Å². The summed E-state index contributed by atoms with van der Waals surface area (Å²) in [5, 5.41) is 3.26. The minimum Gasteiger partial charge on any atom is -0.495 e. The molecule has 3 amide bonds. The third kappa shape index (κ3) is 3.49. The summed E-state index contributed by atoms with van der Waals surface area (Å²) >= 11 is 6.00. The highest BCUT2D eigenvalue weighted by atomic mass is 35.5. The number of carbonyl (C=O) groups excluding carboxylic acids is 3. The lowest BCUT2D eigenvalue weighted by Crippen LogP contribution is -2.53. The Morgan fingerprint density at radius 2 is 1.73 bits per heavy atom. The van der Waals surface area contributed by atoms with Crippen LogP contribution in [-0.4, -0.2) is 60.8 Å². The van der Waals surface area contributed by atoms with Crippen LogP contribution in [0.4, 0.5) is 5.69 Å². The number of halogens is 1. The molecular weight excluding hydrogens is 358 g/mol. The van der Waals surface area contributed by atoms with E-state index in [0.29, 0.717) is 55.5 Å². The quantitative estimate of drug-likeness (QED) is 0.808. The maximum atomic E-state index is 12.9. The van der Waals surface area contributed by atoms with Gasteiger partial charge in [-0.15, -0.1) is 0 Å². The lowest BCUT2D eigenvalue weighted by molar-refractivity contribution is -0.146. The Morgan fingerprint density at radius 3 is 2.27 bits per heavy atom. The van der Waals surface area contributed by atoms with Crippen LogP contribution in [-0.2, 0) is 14.4 Å². The van der Waals surface area contributed by atoms with E-state index in [0.717, 1.165) is 0 Å². The van der Waals surface area contributed by atoms with Crippen LogP contribution in [0.3, 0.4) is 0 Å². The maximum Gasteiger partial charge on any atom is 0.240 e. The lowest BCUT2D eigenvalue weighted by atomic mass is 10.0. The number of hydrogen-bond acceptors (Lipinski definition) is 4. The fourth-order valence-electron chi connectivity index (χ4n) is 3.21. The molecule has 0 bridgehead atoms. The van der Waals surface area contributed by atoms with Crippen LogP contribution in [0.25, 0.3) is 0 Å². The molecule has 1 aliphatic carbocycles. The van der Waals surface area contributed by atoms with Gasteiger partial charge in [0.25, 0.3) is 0 Å². The molecule has 0 atom stereocenters. The van der Waals surface area contributed by atoms with Crippen molar-refractivity contribution in [3.8, 4) is 5.75 Å². The molecule has 8 heteroatoms. The first kappa shape index (κ1) is 18.5. The molecule has 1 heterocycles. The molecule has 1 aromatic carbocycles. The summed E-state index contributed by atoms with van der Waals surface area (Å²) in [6, 6.07) is 4.94. The molecular formula is C18H22ClN3O4. The number of anilines is 1. The highest BCUT2D eigenvalue weighted by Crippen LogP contribution is 2.48. The number of piperazine rings is 1. The van der Waals surface area contributed by atoms with Crippen molar-refractivity contribution in [2.45, 2.75) is 19.8 Å². The average Bonchev–Trinajstić information content (AvgIpc) is 3.43. The summed E-state index contributed by atoms with van der Waals surface area (Å²) in [5.74, 6) is -0.0126. The van der Waals surface area contributed by atoms with Crippen LogP contribution in [0.15, 0.2) is 18.2 Å². The van der Waals surface area contributed by atoms with Crippen molar-refractivity contribution in [3.63, 3.8) is 0 Å². The van der Waals surface area contributed by atoms with Gasteiger partial charge in [-0.1, -0.05) is 11.6 Å². The Bertz CT molecular complexity index is 740. The summed E-state index contributed by atoms with van der Waals surface area (Å²) in [5.41, 5.74) is -0.573. The van der Waals surface area contributed by atoms with Crippen molar-refractivity contribution in [1.82, 2.24) is 9.80 Å². The van der Waals surface area contributed by atoms with Gasteiger partial charge in [-0.3, -0.25) is 14.4 Å². The third-order valence-electron chi connectivity index (χ3n) is 5.02. The van der Waals surface area contributed by atoms with Crippen LogP contribution in [0.5, 0.6) is 5.75 Å². The van der Waals surface area contributed by atoms with Crippen LogP contribution >= 0.6 is 11.6 Å². The summed E-state index contributed by atoms with van der Waals surface area (Å²) in [6.45, 7) is 3.43. The average molecular weight is 380 g/mol. The normalized spacial score (nSPS) is 18.3. The molecule has 1 saturated carbocycles. The number of nitrogens with one attached hydrogen (secondary N) is 1. The van der Waals surface area contributed by atoms with E-state index in [2.05, 4.69) is 5.32 Å². The molecule has 7 nitrogen and oxygen atoms in total. The maximum absolute atomic E-state index is 12.9. The van der Waals surface area contributed by atoms with Crippen LogP contribution in [0, 0.1) is 5.41 Å². The van der Waals surface area contributed by atoms with E-state index in [1.807, 2.05) is 0 Å². The highest BCUT2D eigenvalue weighted by Gasteiger charge is 2.58. The van der Waals surface area contributed by atoms with Crippen LogP contribution in [0.1, 0.15) is 19.8 Å². The van der Waals surface area contributed by atoms with Gasteiger partial charge in [0, 0.05) is 38.1 Å². The molecule has 140 valence electrons. The molecule has 0 aromatic heterocycles. The van der Waals surface area contributed by atoms with E-state index < -0.39 is 5.41 Å². The van der Waals surface area contributed by atoms with Crippen molar-refractivity contribution in [2.75, 3.05) is 38.6 Å². The first-order valence-electron chi connectivity index (χ1n) is 8.57. The summed E-state index contributed by atoms with van der Waals surface area (Å²) in [4.78, 5) is 40.5. The van der Waals surface area contributed by atoms with Crippen molar-refractivity contribution in [2.24, 2.45) is 5.41 Å². The Morgan fingerprint density at radius 1 is 1.12 bits per heavy atom. The van der Waals surface area contributed by atoms with Gasteiger partial charge in [0.05, 0.1) is 12.8 Å². The zero-order chi connectivity index (χ0) is 18.9. The van der Waals surface area contributed by atoms with Gasteiger partial charge in [-0.2, -0.15) is 0 Å². The Labute approximate surface area is 157 Å². The highest BCUT2D eigenvalue weighted by molar-refractivity contribution is 6.31. The van der Waals surface area contributed by atoms with Crippen molar-refractivity contribution >= 4 is 35.0 Å². The van der Waals surface area contributed by atoms with E-state index in [9.17, 15) is 14.4 Å². The first-order chi connectivity index (χ1) is 12.4. The number of ether oxygens (including phenoxy) is 1. The molecule has 26 heavy (non-hydrogen) atoms. The van der Waals surface area contributed by atoms with Crippen LogP contribution < -0.4 is 10.1 Å². The SMILES string of the molecule is COc1ccc(Cl)cc1NC(=O)C1(C(=O)N2CCN(C(C)=O)CC2)CC1. The fourth-order valence-corrected chi connectivity index (χ4v) is 3.38. The van der Waals surface area contributed by atoms with Crippen molar-refractivity contribution in [3.05, 3.63) is 23.2 Å². The molecule has 0 radical (unpaired) electrons. The zero-order valence-corrected chi connectivity index (χ0v) is 15.6. The number of rotatable bonds is 4. The molecule has 0 spiro atoms. The van der Waals surface area contributed by atoms with Gasteiger partial charge in [0.1, 0.15) is 11.2 Å². The number of methoxy groups -OCH3 is 1. The first-order valence-corrected chi connectivity index (χ1v) is 8.95. The summed E-state index contributed by atoms with van der Waals surface area (Å²) in [7, 11) is 1.51. The predicted molar refractivity (Wildman–Crippen MR) is 97.1 cm³/mol. The molecule has 1 saturated heterocycles. The molecule has 1 aromatic rings. The van der Waals surface area contributed by atoms with E-state index in [1.165, 1.54) is 14.0 Å². The largest absolute Gasteiger partial charge is 0.495 e. The van der Waals surface area contributed by atoms with E-state index in [-0.39, 0.29) is 17.7 Å². The summed E-state index contributed by atoms with van der Waals surface area (Å²) in [6.07, 6.45) is 1.04. The minimum absolute atomic E-state index is 0.00373. The number of amides is 3. The smallest absolute Gasteiger partial charge is 0.240 e. The van der Waals surface area contributed by atoms with Gasteiger partial charge in [0.2, 0.25) is 17.7 Å². The second kappa shape index (κ2) is 7.15. The number of benzene rings is 1. The Kier molecular flexibility index (Phi) is 5.09. The monoisotopic (exact) mass is 379 g/mol. The molecule has 2 fully saturated rings. The van der Waals surface area contributed by atoms with Gasteiger partial charge >= 0.3 is 0 Å². The number of carbonyl (C=O) groups is 3. The van der Waals surface area contributed by atoms with E-state index in [4.69, 9.17) is 16.3 Å². The Balaban J connectivity index is 1.69. The molecule has 2 aliphatic rings. The third-order valence-corrected chi connectivity index (χ3v) is 5.25. The zero-order valence-electron chi connectivity index (χ0n) is 14.9. The van der Waals surface area contributed by atoms with Crippen molar-refractivity contribution in [1.29, 1.82) is 0 Å². The second-order valence-electron chi connectivity index (χ2n) is 6.68. The van der Waals surface area contributed by atoms with Crippen LogP contribution in [0.2, 0.25) is 5.02 Å². The van der Waals surface area contributed by atoms with E-state index >= 15 is 0 Å². The molecule has 3 rings (SSSR count). The molecule has 1 aliphatic heterocycles. The van der Waals surface area contributed by atoms with Crippen molar-refractivity contribution < 1.29 is 19.1 Å². The van der Waals surface area contributed by atoms with E-state index in [1.54, 1.807) is 28.0 Å². The lowest BCUT2D eigenvalue weighted by Gasteiger charge is -2.35. The summed E-state index contributed by atoms with van der Waals surface area (Å²) < 4.78 is 5.24. The second-order valence-corrected chi connectivity index (χ2v) is 7.12. The van der Waals surface area contributed by atoms with Gasteiger partial charge in [-0.05, 0) is 31.0 Å². The minimum atomic E-state index is -1.02.